The molecule has 0 aromatic heterocycles. The quantitative estimate of drug-likeness (QED) is 0.623. The molecular weight excluding hydrogens is 276 g/mol. The number of aryl methyl sites for hydroxylation is 1. The predicted molar refractivity (Wildman–Crippen MR) is 91.9 cm³/mol. The first-order valence-electron chi connectivity index (χ1n) is 7.69. The van der Waals surface area contributed by atoms with Crippen LogP contribution in [0.15, 0.2) is 29.3 Å². The van der Waals surface area contributed by atoms with Crippen LogP contribution >= 0.6 is 0 Å². The Hall–Kier alpha value is -2.04. The Morgan fingerprint density at radius 2 is 1.91 bits per heavy atom. The van der Waals surface area contributed by atoms with Gasteiger partial charge in [0.15, 0.2) is 5.96 Å². The molecule has 0 spiro atoms. The normalized spacial score (nSPS) is 11.5. The Labute approximate surface area is 133 Å². The molecule has 0 aliphatic rings. The summed E-state index contributed by atoms with van der Waals surface area (Å²) >= 11 is 0. The van der Waals surface area contributed by atoms with E-state index in [1.54, 1.807) is 7.05 Å². The molecule has 1 aromatic carbocycles. The number of hydrogen-bond donors (Lipinski definition) is 2. The fraction of sp³-hybridized carbons (Fsp3) is 0.529. The Morgan fingerprint density at radius 1 is 1.27 bits per heavy atom. The van der Waals surface area contributed by atoms with Crippen LogP contribution in [0.4, 0.5) is 0 Å². The maximum absolute atomic E-state index is 11.6. The molecule has 22 heavy (non-hydrogen) atoms. The lowest BCUT2D eigenvalue weighted by molar-refractivity contribution is -0.121. The number of amides is 1. The largest absolute Gasteiger partial charge is 0.356 e. The van der Waals surface area contributed by atoms with E-state index in [0.717, 1.165) is 12.5 Å². The van der Waals surface area contributed by atoms with Crippen molar-refractivity contribution in [2.45, 2.75) is 39.8 Å². The van der Waals surface area contributed by atoms with Crippen molar-refractivity contribution in [1.82, 2.24) is 15.5 Å². The fourth-order valence-corrected chi connectivity index (χ4v) is 2.11. The van der Waals surface area contributed by atoms with Gasteiger partial charge in [-0.3, -0.25) is 9.79 Å². The highest BCUT2D eigenvalue weighted by Crippen LogP contribution is 2.05. The van der Waals surface area contributed by atoms with Gasteiger partial charge < -0.3 is 15.5 Å². The molecular formula is C17H28N4O. The van der Waals surface area contributed by atoms with E-state index in [0.29, 0.717) is 13.0 Å². The minimum absolute atomic E-state index is 0.0548. The number of nitrogens with zero attached hydrogens (tertiary/aromatic N) is 2. The molecule has 0 heterocycles. The van der Waals surface area contributed by atoms with Crippen molar-refractivity contribution in [3.05, 3.63) is 35.4 Å². The first-order valence-corrected chi connectivity index (χ1v) is 7.69. The van der Waals surface area contributed by atoms with Gasteiger partial charge in [-0.2, -0.15) is 0 Å². The molecule has 0 unspecified atom stereocenters. The van der Waals surface area contributed by atoms with Crippen LogP contribution < -0.4 is 10.6 Å². The lowest BCUT2D eigenvalue weighted by Crippen LogP contribution is -2.40. The molecule has 0 fully saturated rings. The summed E-state index contributed by atoms with van der Waals surface area (Å²) in [5.74, 6) is 0.845. The smallest absolute Gasteiger partial charge is 0.221 e. The van der Waals surface area contributed by atoms with Crippen LogP contribution in [0.2, 0.25) is 0 Å². The average molecular weight is 304 g/mol. The summed E-state index contributed by atoms with van der Waals surface area (Å²) in [6, 6.07) is 8.63. The second-order valence-corrected chi connectivity index (χ2v) is 5.79. The van der Waals surface area contributed by atoms with Crippen LogP contribution in [0.5, 0.6) is 0 Å². The second kappa shape index (κ2) is 9.07. The van der Waals surface area contributed by atoms with Crippen LogP contribution in [-0.2, 0) is 11.3 Å². The van der Waals surface area contributed by atoms with E-state index in [1.807, 2.05) is 25.8 Å². The second-order valence-electron chi connectivity index (χ2n) is 5.79. The molecule has 0 aliphatic carbocycles. The van der Waals surface area contributed by atoms with Crippen LogP contribution in [0, 0.1) is 6.92 Å². The zero-order valence-electron chi connectivity index (χ0n) is 14.3. The van der Waals surface area contributed by atoms with Crippen LogP contribution in [-0.4, -0.2) is 43.4 Å². The Balaban J connectivity index is 2.43. The Bertz CT molecular complexity index is 494. The van der Waals surface area contributed by atoms with Gasteiger partial charge in [-0.05, 0) is 26.3 Å². The van der Waals surface area contributed by atoms with Crippen LogP contribution in [0.3, 0.4) is 0 Å². The van der Waals surface area contributed by atoms with E-state index in [2.05, 4.69) is 46.8 Å². The van der Waals surface area contributed by atoms with Crippen molar-refractivity contribution in [3.63, 3.8) is 0 Å². The zero-order chi connectivity index (χ0) is 16.5. The highest BCUT2D eigenvalue weighted by molar-refractivity contribution is 5.81. The van der Waals surface area contributed by atoms with Crippen molar-refractivity contribution in [2.24, 2.45) is 4.99 Å². The first kappa shape index (κ1) is 18.0. The third-order valence-corrected chi connectivity index (χ3v) is 3.20. The summed E-state index contributed by atoms with van der Waals surface area (Å²) in [5, 5.41) is 6.10. The van der Waals surface area contributed by atoms with Crippen LogP contribution in [0.1, 0.15) is 31.4 Å². The van der Waals surface area contributed by atoms with Gasteiger partial charge in [0.1, 0.15) is 0 Å². The Morgan fingerprint density at radius 3 is 2.45 bits per heavy atom. The maximum atomic E-state index is 11.6. The van der Waals surface area contributed by atoms with Gasteiger partial charge in [0.2, 0.25) is 5.91 Å². The molecule has 1 amide bonds. The summed E-state index contributed by atoms with van der Waals surface area (Å²) < 4.78 is 0. The topological polar surface area (TPSA) is 56.7 Å². The van der Waals surface area contributed by atoms with E-state index < -0.39 is 0 Å². The number of carbonyl (C=O) groups is 1. The van der Waals surface area contributed by atoms with Crippen molar-refractivity contribution < 1.29 is 4.79 Å². The maximum Gasteiger partial charge on any atom is 0.221 e. The summed E-state index contributed by atoms with van der Waals surface area (Å²) in [5.41, 5.74) is 2.48. The van der Waals surface area contributed by atoms with Gasteiger partial charge in [0.25, 0.3) is 0 Å². The van der Waals surface area contributed by atoms with E-state index >= 15 is 0 Å². The van der Waals surface area contributed by atoms with E-state index in [9.17, 15) is 4.79 Å². The zero-order valence-corrected chi connectivity index (χ0v) is 14.3. The van der Waals surface area contributed by atoms with Crippen LogP contribution in [0.25, 0.3) is 0 Å². The first-order chi connectivity index (χ1) is 10.4. The number of guanidine groups is 1. The monoisotopic (exact) mass is 304 g/mol. The molecule has 0 saturated heterocycles. The third-order valence-electron chi connectivity index (χ3n) is 3.20. The minimum Gasteiger partial charge on any atom is -0.356 e. The highest BCUT2D eigenvalue weighted by Gasteiger charge is 2.08. The van der Waals surface area contributed by atoms with Gasteiger partial charge in [-0.25, -0.2) is 0 Å². The number of hydrogen-bond acceptors (Lipinski definition) is 2. The summed E-state index contributed by atoms with van der Waals surface area (Å²) in [4.78, 5) is 17.9. The number of carbonyl (C=O) groups excluding carboxylic acids is 1. The molecule has 5 heteroatoms. The summed E-state index contributed by atoms with van der Waals surface area (Å²) in [6.07, 6.45) is 0.440. The highest BCUT2D eigenvalue weighted by atomic mass is 16.1. The molecule has 0 saturated carbocycles. The fourth-order valence-electron chi connectivity index (χ4n) is 2.11. The lowest BCUT2D eigenvalue weighted by atomic mass is 10.1. The average Bonchev–Trinajstić information content (AvgIpc) is 2.45. The minimum atomic E-state index is 0.0548. The van der Waals surface area contributed by atoms with Gasteiger partial charge in [-0.1, -0.05) is 29.8 Å². The molecule has 2 N–H and O–H groups in total. The van der Waals surface area contributed by atoms with Gasteiger partial charge in [0, 0.05) is 39.6 Å². The molecule has 1 rings (SSSR count). The summed E-state index contributed by atoms with van der Waals surface area (Å²) in [6.45, 7) is 7.34. The molecule has 0 radical (unpaired) electrons. The van der Waals surface area contributed by atoms with Gasteiger partial charge in [0.05, 0.1) is 0 Å². The molecule has 5 nitrogen and oxygen atoms in total. The number of rotatable bonds is 6. The van der Waals surface area contributed by atoms with Gasteiger partial charge in [-0.15, -0.1) is 0 Å². The van der Waals surface area contributed by atoms with Crippen molar-refractivity contribution in [3.8, 4) is 0 Å². The number of aliphatic imine (C=N–C) groups is 1. The van der Waals surface area contributed by atoms with E-state index in [1.165, 1.54) is 11.1 Å². The molecule has 0 aliphatic heterocycles. The standard InChI is InChI=1S/C17H28N4O/c1-13(2)20-16(22)10-11-19-17(18-4)21(5)12-15-8-6-14(3)7-9-15/h6-9,13H,10-12H2,1-5H3,(H,18,19)(H,20,22). The van der Waals surface area contributed by atoms with Gasteiger partial charge >= 0.3 is 0 Å². The summed E-state index contributed by atoms with van der Waals surface area (Å²) in [7, 11) is 3.74. The third kappa shape index (κ3) is 6.61. The SMILES string of the molecule is CN=C(NCCC(=O)NC(C)C)N(C)Cc1ccc(C)cc1. The number of nitrogens with one attached hydrogen (secondary N) is 2. The van der Waals surface area contributed by atoms with E-state index in [4.69, 9.17) is 0 Å². The molecule has 0 bridgehead atoms. The Kier molecular flexibility index (Phi) is 7.43. The predicted octanol–water partition coefficient (Wildman–Crippen LogP) is 1.92. The number of benzene rings is 1. The van der Waals surface area contributed by atoms with Crippen molar-refractivity contribution in [1.29, 1.82) is 0 Å². The molecule has 122 valence electrons. The van der Waals surface area contributed by atoms with Crippen molar-refractivity contribution in [2.75, 3.05) is 20.6 Å². The molecule has 0 atom stereocenters. The lowest BCUT2D eigenvalue weighted by Gasteiger charge is -2.22. The molecule has 1 aromatic rings. The van der Waals surface area contributed by atoms with E-state index in [-0.39, 0.29) is 11.9 Å². The van der Waals surface area contributed by atoms with Crippen molar-refractivity contribution >= 4 is 11.9 Å².